The average Bonchev–Trinajstić information content (AvgIpc) is 1.12. The summed E-state index contributed by atoms with van der Waals surface area (Å²) in [6, 6.07) is 63.8. The minimum atomic E-state index is -0.796. The van der Waals surface area contributed by atoms with Gasteiger partial charge < -0.3 is 40.9 Å². The third-order valence-corrected chi connectivity index (χ3v) is 21.9. The Kier molecular flexibility index (Phi) is 16.1. The van der Waals surface area contributed by atoms with Crippen LogP contribution in [0, 0.1) is 0 Å². The van der Waals surface area contributed by atoms with E-state index in [1.54, 1.807) is 24.3 Å². The number of phenols is 8. The largest absolute Gasteiger partial charge is 0.507 e. The van der Waals surface area contributed by atoms with E-state index in [9.17, 15) is 40.9 Å². The predicted molar refractivity (Wildman–Crippen MR) is 363 cm³/mol. The molecule has 0 atom stereocenters. The summed E-state index contributed by atoms with van der Waals surface area (Å²) in [5, 5.41) is 111. The highest BCUT2D eigenvalue weighted by Crippen LogP contribution is 2.55. The van der Waals surface area contributed by atoms with Gasteiger partial charge in [0.2, 0.25) is 0 Å². The number of rotatable bonds is 12. The van der Waals surface area contributed by atoms with Crippen LogP contribution in [0.3, 0.4) is 0 Å². The normalized spacial score (nSPS) is 15.8. The molecule has 8 nitrogen and oxygen atoms in total. The van der Waals surface area contributed by atoms with Crippen LogP contribution < -0.4 is 0 Å². The van der Waals surface area contributed by atoms with Crippen molar-refractivity contribution in [1.29, 1.82) is 0 Å². The molecule has 1 aliphatic rings. The second-order valence-corrected chi connectivity index (χ2v) is 27.2. The van der Waals surface area contributed by atoms with Gasteiger partial charge in [0.05, 0.1) is 0 Å². The Morgan fingerprint density at radius 1 is 0.227 bits per heavy atom. The lowest BCUT2D eigenvalue weighted by Crippen LogP contribution is -2.10. The van der Waals surface area contributed by atoms with E-state index in [-0.39, 0.29) is 91.3 Å². The van der Waals surface area contributed by atoms with E-state index in [4.69, 9.17) is 0 Å². The topological polar surface area (TPSA) is 162 Å². The maximum Gasteiger partial charge on any atom is 0.127 e. The summed E-state index contributed by atoms with van der Waals surface area (Å²) in [7, 11) is 0. The highest BCUT2D eigenvalue weighted by Gasteiger charge is 2.35. The summed E-state index contributed by atoms with van der Waals surface area (Å²) >= 11 is 5.82. The maximum absolute atomic E-state index is 12.8. The van der Waals surface area contributed by atoms with E-state index in [0.29, 0.717) is 44.5 Å². The fraction of sp³-hybridized carbons (Fsp3) is 0.158. The molecule has 0 aromatic heterocycles. The van der Waals surface area contributed by atoms with Crippen LogP contribution in [0.15, 0.2) is 214 Å². The minimum absolute atomic E-state index is 0.139. The van der Waals surface area contributed by atoms with Crippen molar-refractivity contribution in [3.05, 3.63) is 261 Å². The van der Waals surface area contributed by atoms with E-state index < -0.39 is 23.7 Å². The average molecular weight is 1230 g/mol. The zero-order chi connectivity index (χ0) is 61.1. The summed E-state index contributed by atoms with van der Waals surface area (Å²) in [4.78, 5) is 3.66. The molecule has 0 saturated heterocycles. The van der Waals surface area contributed by atoms with E-state index in [0.717, 1.165) is 62.7 Å². The van der Waals surface area contributed by atoms with Crippen molar-refractivity contribution in [3.8, 4) is 46.0 Å². The van der Waals surface area contributed by atoms with Crippen molar-refractivity contribution in [2.24, 2.45) is 0 Å². The number of fused-ring (bicyclic) bond motifs is 12. The van der Waals surface area contributed by atoms with E-state index in [1.165, 1.54) is 47.0 Å². The van der Waals surface area contributed by atoms with Crippen molar-refractivity contribution >= 4 is 90.1 Å². The Labute approximate surface area is 528 Å². The number of thioether (sulfide) groups is 4. The molecule has 13 rings (SSSR count). The molecule has 12 heteroatoms. The van der Waals surface area contributed by atoms with Gasteiger partial charge in [-0.2, -0.15) is 0 Å². The number of hydrogen-bond donors (Lipinski definition) is 8. The Morgan fingerprint density at radius 2 is 0.398 bits per heavy atom. The molecule has 0 saturated carbocycles. The first-order chi connectivity index (χ1) is 42.6. The molecule has 0 radical (unpaired) electrons. The Morgan fingerprint density at radius 3 is 0.580 bits per heavy atom. The number of aromatic hydroxyl groups is 8. The summed E-state index contributed by atoms with van der Waals surface area (Å²) in [5.41, 5.74) is 4.08. The van der Waals surface area contributed by atoms with Gasteiger partial charge in [-0.1, -0.05) is 149 Å². The molecule has 0 unspecified atom stereocenters. The Bertz CT molecular complexity index is 4030. The smallest absolute Gasteiger partial charge is 0.127 e. The fourth-order valence-electron chi connectivity index (χ4n) is 12.6. The van der Waals surface area contributed by atoms with Gasteiger partial charge in [0.1, 0.15) is 46.0 Å². The Balaban J connectivity index is 1.02. The van der Waals surface area contributed by atoms with Crippen LogP contribution >= 0.6 is 47.0 Å². The van der Waals surface area contributed by atoms with Crippen LogP contribution in [-0.2, 0) is 23.0 Å². The van der Waals surface area contributed by atoms with Crippen molar-refractivity contribution in [2.45, 2.75) is 94.0 Å². The third kappa shape index (κ3) is 10.9. The monoisotopic (exact) mass is 1230 g/mol. The van der Waals surface area contributed by atoms with Crippen molar-refractivity contribution in [1.82, 2.24) is 0 Å². The molecule has 8 bridgehead atoms. The van der Waals surface area contributed by atoms with Crippen LogP contribution in [0.1, 0.15) is 118 Å². The fourth-order valence-corrected chi connectivity index (χ4v) is 16.4. The van der Waals surface area contributed by atoms with Crippen molar-refractivity contribution < 1.29 is 40.9 Å². The highest BCUT2D eigenvalue weighted by molar-refractivity contribution is 7.99. The summed E-state index contributed by atoms with van der Waals surface area (Å²) < 4.78 is 0. The molecule has 12 aromatic carbocycles. The van der Waals surface area contributed by atoms with Crippen molar-refractivity contribution in [2.75, 3.05) is 0 Å². The van der Waals surface area contributed by atoms with Crippen LogP contribution in [0.2, 0.25) is 0 Å². The molecule has 0 spiro atoms. The van der Waals surface area contributed by atoms with Crippen molar-refractivity contribution in [3.63, 3.8) is 0 Å². The standard InChI is InChI=1S/C76H64O8S4/c1-41-57-33-59(71(79)65(69(57)77)37-85-53-25-21-45-13-5-9-17-49(45)29-53)42(2)61-35-63(75(83)67(73(61)81)39-87-55-27-23-47-15-7-11-19-51(47)31-55)44(4)64-36-62(74(82)68(76(64)84)40-88-56-28-24-48-16-8-12-20-52(48)32-56)43(3)60-34-58(41)70(78)66(72(60)80)38-86-54-26-22-46-14-6-10-18-50(46)30-54/h5-36,41-44,77-84H,37-40H2,1-4H3. The number of phenolic OH excluding ortho intramolecular Hbond substituents is 8. The highest BCUT2D eigenvalue weighted by atomic mass is 32.2. The molecule has 440 valence electrons. The summed E-state index contributed by atoms with van der Waals surface area (Å²) in [5.74, 6) is -3.99. The molecule has 8 N–H and O–H groups in total. The first-order valence-corrected chi connectivity index (χ1v) is 33.3. The minimum Gasteiger partial charge on any atom is -0.507 e. The second-order valence-electron chi connectivity index (χ2n) is 23.0. The number of hydrogen-bond acceptors (Lipinski definition) is 12. The molecule has 0 aliphatic heterocycles. The molecule has 1 aliphatic carbocycles. The zero-order valence-corrected chi connectivity index (χ0v) is 52.1. The zero-order valence-electron chi connectivity index (χ0n) is 48.8. The molecular weight excluding hydrogens is 1170 g/mol. The Hall–Kier alpha value is -8.52. The van der Waals surface area contributed by atoms with E-state index in [2.05, 4.69) is 24.3 Å². The van der Waals surface area contributed by atoms with Gasteiger partial charge in [-0.15, -0.1) is 47.0 Å². The SMILES string of the molecule is CC1c2cc(c(O)c(CSc3ccc4ccccc4c3)c2O)C(C)c2cc(c(O)c(CSc3ccc4ccccc4c3)c2O)C(C)c2cc(c(O)c(CSc3ccc4ccccc4c3)c2O)C(C)c2cc1c(O)c(CSc1ccc3ccccc3c1)c2O. The molecular formula is C76H64O8S4. The van der Waals surface area contributed by atoms with E-state index >= 15 is 0 Å². The van der Waals surface area contributed by atoms with Crippen LogP contribution in [0.25, 0.3) is 43.1 Å². The first-order valence-electron chi connectivity index (χ1n) is 29.4. The molecule has 0 amide bonds. The van der Waals surface area contributed by atoms with Gasteiger partial charge in [0.25, 0.3) is 0 Å². The van der Waals surface area contributed by atoms with Crippen LogP contribution in [-0.4, -0.2) is 40.9 Å². The predicted octanol–water partition coefficient (Wildman–Crippen LogP) is 20.0. The quantitative estimate of drug-likeness (QED) is 0.0548. The third-order valence-electron chi connectivity index (χ3n) is 17.9. The first kappa shape index (κ1) is 58.5. The maximum atomic E-state index is 12.8. The number of benzene rings is 12. The van der Waals surface area contributed by atoms with Crippen LogP contribution in [0.5, 0.6) is 46.0 Å². The molecule has 0 fully saturated rings. The van der Waals surface area contributed by atoms with Gasteiger partial charge >= 0.3 is 0 Å². The lowest BCUT2D eigenvalue weighted by atomic mass is 9.78. The van der Waals surface area contributed by atoms with Gasteiger partial charge in [0, 0.05) is 133 Å². The lowest BCUT2D eigenvalue weighted by Gasteiger charge is -2.29. The molecule has 88 heavy (non-hydrogen) atoms. The van der Waals surface area contributed by atoms with E-state index in [1.807, 2.05) is 173 Å². The molecule has 12 aromatic rings. The summed E-state index contributed by atoms with van der Waals surface area (Å²) in [6.07, 6.45) is 0. The van der Waals surface area contributed by atoms with Gasteiger partial charge in [-0.3, -0.25) is 0 Å². The molecule has 0 heterocycles. The second kappa shape index (κ2) is 24.2. The lowest BCUT2D eigenvalue weighted by molar-refractivity contribution is 0.421. The van der Waals surface area contributed by atoms with Gasteiger partial charge in [-0.25, -0.2) is 0 Å². The van der Waals surface area contributed by atoms with Gasteiger partial charge in [-0.05, 0) is 116 Å². The van der Waals surface area contributed by atoms with Gasteiger partial charge in [0.15, 0.2) is 0 Å². The summed E-state index contributed by atoms with van der Waals surface area (Å²) in [6.45, 7) is 7.51. The van der Waals surface area contributed by atoms with Crippen LogP contribution in [0.4, 0.5) is 0 Å².